The summed E-state index contributed by atoms with van der Waals surface area (Å²) in [4.78, 5) is 0. The molecule has 156 valence electrons. The molecule has 0 unspecified atom stereocenters. The van der Waals surface area contributed by atoms with Crippen molar-refractivity contribution in [2.24, 2.45) is 17.8 Å². The van der Waals surface area contributed by atoms with Crippen molar-refractivity contribution in [3.63, 3.8) is 0 Å². The minimum absolute atomic E-state index is 0.563. The summed E-state index contributed by atoms with van der Waals surface area (Å²) in [6.07, 6.45) is 16.3. The van der Waals surface area contributed by atoms with Crippen LogP contribution in [0.3, 0.4) is 0 Å². The summed E-state index contributed by atoms with van der Waals surface area (Å²) in [6, 6.07) is 13.5. The summed E-state index contributed by atoms with van der Waals surface area (Å²) in [5.41, 5.74) is 1.54. The fourth-order valence-corrected chi connectivity index (χ4v) is 6.02. The van der Waals surface area contributed by atoms with Crippen LogP contribution < -0.4 is 4.74 Å². The van der Waals surface area contributed by atoms with Gasteiger partial charge >= 0.3 is 0 Å². The molecule has 2 fully saturated rings. The molecule has 2 aliphatic rings. The van der Waals surface area contributed by atoms with E-state index in [1.165, 1.54) is 75.0 Å². The Hall–Kier alpha value is -1.76. The maximum Gasteiger partial charge on any atom is 0.120 e. The third-order valence-corrected chi connectivity index (χ3v) is 7.70. The molecule has 0 saturated heterocycles. The summed E-state index contributed by atoms with van der Waals surface area (Å²) >= 11 is 0. The molecule has 0 atom stereocenters. The van der Waals surface area contributed by atoms with Crippen LogP contribution in [0.2, 0.25) is 0 Å². The van der Waals surface area contributed by atoms with E-state index >= 15 is 0 Å². The highest BCUT2D eigenvalue weighted by Gasteiger charge is 2.31. The van der Waals surface area contributed by atoms with E-state index in [-0.39, 0.29) is 0 Å². The van der Waals surface area contributed by atoms with E-state index in [1.54, 1.807) is 11.6 Å². The minimum Gasteiger partial charge on any atom is -0.490 e. The van der Waals surface area contributed by atoms with Crippen LogP contribution in [-0.4, -0.2) is 6.61 Å². The minimum atomic E-state index is 0.563. The van der Waals surface area contributed by atoms with Crippen molar-refractivity contribution in [3.8, 4) is 5.75 Å². The zero-order chi connectivity index (χ0) is 20.1. The van der Waals surface area contributed by atoms with E-state index in [4.69, 9.17) is 4.74 Å². The Morgan fingerprint density at radius 3 is 2.21 bits per heavy atom. The average molecular weight is 391 g/mol. The Bertz CT molecular complexity index is 791. The molecule has 2 saturated carbocycles. The molecule has 1 nitrogen and oxygen atoms in total. The molecule has 4 rings (SSSR count). The lowest BCUT2D eigenvalue weighted by Gasteiger charge is -2.38. The van der Waals surface area contributed by atoms with Gasteiger partial charge in [0.05, 0.1) is 0 Å². The van der Waals surface area contributed by atoms with Crippen molar-refractivity contribution in [2.75, 3.05) is 6.61 Å². The second-order valence-electron chi connectivity index (χ2n) is 9.55. The number of hydrogen-bond donors (Lipinski definition) is 0. The molecular formula is C28H38O. The van der Waals surface area contributed by atoms with Crippen LogP contribution in [0.1, 0.15) is 82.6 Å². The van der Waals surface area contributed by atoms with Gasteiger partial charge in [-0.1, -0.05) is 69.5 Å². The molecule has 2 aromatic carbocycles. The van der Waals surface area contributed by atoms with Crippen LogP contribution in [0.5, 0.6) is 5.75 Å². The smallest absolute Gasteiger partial charge is 0.120 e. The normalized spacial score (nSPS) is 27.6. The van der Waals surface area contributed by atoms with Gasteiger partial charge in [0.2, 0.25) is 0 Å². The summed E-state index contributed by atoms with van der Waals surface area (Å²) < 4.78 is 5.68. The third kappa shape index (κ3) is 5.05. The maximum absolute atomic E-state index is 5.68. The lowest BCUT2D eigenvalue weighted by molar-refractivity contribution is 0.156. The van der Waals surface area contributed by atoms with Crippen molar-refractivity contribution in [2.45, 2.75) is 77.0 Å². The van der Waals surface area contributed by atoms with Crippen LogP contribution >= 0.6 is 0 Å². The number of ether oxygens (including phenoxy) is 1. The lowest BCUT2D eigenvalue weighted by Crippen LogP contribution is -2.25. The first-order chi connectivity index (χ1) is 14.3. The average Bonchev–Trinajstić information content (AvgIpc) is 2.78. The molecule has 0 aromatic heterocycles. The van der Waals surface area contributed by atoms with Crippen molar-refractivity contribution >= 4 is 10.8 Å². The van der Waals surface area contributed by atoms with Crippen molar-refractivity contribution in [3.05, 3.63) is 54.6 Å². The highest BCUT2D eigenvalue weighted by Crippen LogP contribution is 2.44. The Balaban J connectivity index is 1.33. The Morgan fingerprint density at radius 2 is 1.52 bits per heavy atom. The van der Waals surface area contributed by atoms with Gasteiger partial charge in [0, 0.05) is 0 Å². The predicted octanol–water partition coefficient (Wildman–Crippen LogP) is 8.28. The molecule has 2 aromatic rings. The monoisotopic (exact) mass is 390 g/mol. The van der Waals surface area contributed by atoms with Crippen LogP contribution in [0.4, 0.5) is 0 Å². The first-order valence-corrected chi connectivity index (χ1v) is 12.0. The van der Waals surface area contributed by atoms with Gasteiger partial charge in [-0.3, -0.25) is 0 Å². The number of fused-ring (bicyclic) bond motifs is 1. The molecule has 29 heavy (non-hydrogen) atoms. The standard InChI is InChI=1S/C28H38O/c1-3-5-21-6-8-22(9-7-21)23-10-12-24(13-11-23)25-14-15-27-20-28(29-18-4-2)17-16-26(27)19-25/h4,14-17,19-24H,2-3,5-13,18H2,1H3. The van der Waals surface area contributed by atoms with Gasteiger partial charge in [0.1, 0.15) is 12.4 Å². The fourth-order valence-electron chi connectivity index (χ4n) is 6.02. The maximum atomic E-state index is 5.68. The molecule has 0 amide bonds. The quantitative estimate of drug-likeness (QED) is 0.432. The fraction of sp³-hybridized carbons (Fsp3) is 0.571. The molecule has 0 bridgehead atoms. The van der Waals surface area contributed by atoms with Gasteiger partial charge in [-0.05, 0) is 90.7 Å². The topological polar surface area (TPSA) is 9.23 Å². The zero-order valence-electron chi connectivity index (χ0n) is 18.2. The van der Waals surface area contributed by atoms with E-state index in [1.807, 2.05) is 0 Å². The first-order valence-electron chi connectivity index (χ1n) is 12.0. The van der Waals surface area contributed by atoms with Crippen molar-refractivity contribution < 1.29 is 4.74 Å². The van der Waals surface area contributed by atoms with Crippen molar-refractivity contribution in [1.82, 2.24) is 0 Å². The van der Waals surface area contributed by atoms with Crippen molar-refractivity contribution in [1.29, 1.82) is 0 Å². The Labute approximate surface area is 177 Å². The van der Waals surface area contributed by atoms with E-state index in [2.05, 4.69) is 49.9 Å². The second-order valence-corrected chi connectivity index (χ2v) is 9.55. The summed E-state index contributed by atoms with van der Waals surface area (Å²) in [5, 5.41) is 2.61. The van der Waals surface area contributed by atoms with Gasteiger partial charge in [-0.15, -0.1) is 0 Å². The summed E-state index contributed by atoms with van der Waals surface area (Å²) in [6.45, 7) is 6.63. The van der Waals surface area contributed by atoms with E-state index < -0.39 is 0 Å². The lowest BCUT2D eigenvalue weighted by atomic mass is 9.68. The van der Waals surface area contributed by atoms with Crippen LogP contribution in [0, 0.1) is 17.8 Å². The Kier molecular flexibility index (Phi) is 6.95. The predicted molar refractivity (Wildman–Crippen MR) is 125 cm³/mol. The number of hydrogen-bond acceptors (Lipinski definition) is 1. The Morgan fingerprint density at radius 1 is 0.862 bits per heavy atom. The summed E-state index contributed by atoms with van der Waals surface area (Å²) in [5.74, 6) is 4.74. The van der Waals surface area contributed by atoms with E-state index in [0.29, 0.717) is 6.61 Å². The molecule has 0 spiro atoms. The number of rotatable bonds is 7. The molecule has 2 aliphatic carbocycles. The molecule has 0 N–H and O–H groups in total. The first kappa shape index (κ1) is 20.5. The zero-order valence-corrected chi connectivity index (χ0v) is 18.2. The van der Waals surface area contributed by atoms with Crippen LogP contribution in [0.25, 0.3) is 10.8 Å². The molecular weight excluding hydrogens is 352 g/mol. The largest absolute Gasteiger partial charge is 0.490 e. The molecule has 1 heteroatoms. The molecule has 0 aliphatic heterocycles. The van der Waals surface area contributed by atoms with Gasteiger partial charge in [0.15, 0.2) is 0 Å². The molecule has 0 heterocycles. The number of benzene rings is 2. The summed E-state index contributed by atoms with van der Waals surface area (Å²) in [7, 11) is 0. The highest BCUT2D eigenvalue weighted by molar-refractivity contribution is 5.84. The second kappa shape index (κ2) is 9.83. The van der Waals surface area contributed by atoms with E-state index in [9.17, 15) is 0 Å². The van der Waals surface area contributed by atoms with Gasteiger partial charge < -0.3 is 4.74 Å². The SMILES string of the molecule is C=CCOc1ccc2cc(C3CCC(C4CCC(CCC)CC4)CC3)ccc2c1. The third-order valence-electron chi connectivity index (χ3n) is 7.70. The van der Waals surface area contributed by atoms with Crippen LogP contribution in [-0.2, 0) is 0 Å². The van der Waals surface area contributed by atoms with Gasteiger partial charge in [-0.2, -0.15) is 0 Å². The van der Waals surface area contributed by atoms with Gasteiger partial charge in [-0.25, -0.2) is 0 Å². The highest BCUT2D eigenvalue weighted by atomic mass is 16.5. The van der Waals surface area contributed by atoms with E-state index in [0.717, 1.165) is 29.4 Å². The van der Waals surface area contributed by atoms with Gasteiger partial charge in [0.25, 0.3) is 0 Å². The molecule has 0 radical (unpaired) electrons. The van der Waals surface area contributed by atoms with Crippen LogP contribution in [0.15, 0.2) is 49.1 Å².